The molecule has 1 aromatic rings. The number of hydrogen-bond acceptors (Lipinski definition) is 4. The molecule has 1 aromatic heterocycles. The summed E-state index contributed by atoms with van der Waals surface area (Å²) in [6.45, 7) is 1.82. The first-order valence-corrected chi connectivity index (χ1v) is 5.12. The van der Waals surface area contributed by atoms with Gasteiger partial charge < -0.3 is 10.4 Å². The number of hydrogen-bond donors (Lipinski definition) is 2. The van der Waals surface area contributed by atoms with Crippen molar-refractivity contribution in [3.8, 4) is 0 Å². The average Bonchev–Trinajstić information content (AvgIpc) is 2.66. The van der Waals surface area contributed by atoms with E-state index < -0.39 is 5.97 Å². The number of carbonyl (C=O) groups is 1. The quantitative estimate of drug-likeness (QED) is 0.748. The second kappa shape index (κ2) is 4.30. The lowest BCUT2D eigenvalue weighted by Crippen LogP contribution is -2.19. The molecule has 5 nitrogen and oxygen atoms in total. The van der Waals surface area contributed by atoms with Gasteiger partial charge in [-0.15, -0.1) is 0 Å². The summed E-state index contributed by atoms with van der Waals surface area (Å²) in [6, 6.07) is 1.81. The molecule has 1 aliphatic carbocycles. The number of aryl methyl sites for hydroxylation is 1. The van der Waals surface area contributed by atoms with Crippen LogP contribution >= 0.6 is 0 Å². The molecule has 5 heteroatoms. The molecule has 2 atom stereocenters. The molecule has 16 heavy (non-hydrogen) atoms. The molecule has 0 aliphatic heterocycles. The van der Waals surface area contributed by atoms with Crippen LogP contribution in [-0.2, 0) is 4.79 Å². The fourth-order valence-electron chi connectivity index (χ4n) is 1.72. The minimum Gasteiger partial charge on any atom is -0.481 e. The number of nitrogens with zero attached hydrogens (tertiary/aromatic N) is 2. The Morgan fingerprint density at radius 1 is 1.56 bits per heavy atom. The molecular formula is C11H13N3O2. The van der Waals surface area contributed by atoms with Crippen LogP contribution in [-0.4, -0.2) is 27.1 Å². The molecule has 84 valence electrons. The molecule has 2 N–H and O–H groups in total. The molecular weight excluding hydrogens is 206 g/mol. The van der Waals surface area contributed by atoms with Gasteiger partial charge in [0, 0.05) is 12.2 Å². The Kier molecular flexibility index (Phi) is 2.85. The SMILES string of the molecule is Cc1nccc(NC2C=CC(C(=O)O)C2)n1. The zero-order valence-electron chi connectivity index (χ0n) is 8.92. The lowest BCUT2D eigenvalue weighted by atomic mass is 10.1. The van der Waals surface area contributed by atoms with Crippen LogP contribution in [0.4, 0.5) is 5.82 Å². The third-order valence-corrected chi connectivity index (χ3v) is 2.51. The van der Waals surface area contributed by atoms with Crippen LogP contribution in [0.15, 0.2) is 24.4 Å². The van der Waals surface area contributed by atoms with Crippen molar-refractivity contribution in [1.82, 2.24) is 9.97 Å². The first kappa shape index (κ1) is 10.6. The van der Waals surface area contributed by atoms with E-state index in [0.717, 1.165) is 5.82 Å². The molecule has 0 saturated carbocycles. The van der Waals surface area contributed by atoms with Gasteiger partial charge in [0.1, 0.15) is 11.6 Å². The van der Waals surface area contributed by atoms with Crippen molar-refractivity contribution in [1.29, 1.82) is 0 Å². The number of carboxylic acids is 1. The van der Waals surface area contributed by atoms with Crippen molar-refractivity contribution in [3.63, 3.8) is 0 Å². The summed E-state index contributed by atoms with van der Waals surface area (Å²) in [7, 11) is 0. The van der Waals surface area contributed by atoms with Crippen molar-refractivity contribution >= 4 is 11.8 Å². The Balaban J connectivity index is 1.98. The third-order valence-electron chi connectivity index (χ3n) is 2.51. The number of aliphatic carboxylic acids is 1. The van der Waals surface area contributed by atoms with Crippen molar-refractivity contribution in [3.05, 3.63) is 30.2 Å². The molecule has 2 unspecified atom stereocenters. The monoisotopic (exact) mass is 219 g/mol. The molecule has 1 aliphatic rings. The van der Waals surface area contributed by atoms with Crippen LogP contribution in [0, 0.1) is 12.8 Å². The molecule has 0 saturated heterocycles. The van der Waals surface area contributed by atoms with Crippen LogP contribution in [0.1, 0.15) is 12.2 Å². The molecule has 0 radical (unpaired) electrons. The Bertz CT molecular complexity index is 431. The van der Waals surface area contributed by atoms with E-state index in [4.69, 9.17) is 5.11 Å². The summed E-state index contributed by atoms with van der Waals surface area (Å²) in [5.74, 6) is 0.259. The summed E-state index contributed by atoms with van der Waals surface area (Å²) in [6.07, 6.45) is 5.83. The van der Waals surface area contributed by atoms with Crippen LogP contribution in [0.3, 0.4) is 0 Å². The Hall–Kier alpha value is -1.91. The fraction of sp³-hybridized carbons (Fsp3) is 0.364. The van der Waals surface area contributed by atoms with Crippen molar-refractivity contribution < 1.29 is 9.90 Å². The predicted octanol–water partition coefficient (Wildman–Crippen LogP) is 1.23. The highest BCUT2D eigenvalue weighted by Gasteiger charge is 2.24. The maximum absolute atomic E-state index is 10.7. The maximum Gasteiger partial charge on any atom is 0.310 e. The molecule has 0 fully saturated rings. The predicted molar refractivity (Wildman–Crippen MR) is 59.1 cm³/mol. The fourth-order valence-corrected chi connectivity index (χ4v) is 1.72. The minimum atomic E-state index is -0.778. The zero-order valence-corrected chi connectivity index (χ0v) is 8.92. The Labute approximate surface area is 93.2 Å². The summed E-state index contributed by atoms with van der Waals surface area (Å²) in [4.78, 5) is 18.9. The molecule has 0 spiro atoms. The lowest BCUT2D eigenvalue weighted by Gasteiger charge is -2.12. The molecule has 2 rings (SSSR count). The highest BCUT2D eigenvalue weighted by Crippen LogP contribution is 2.20. The number of aromatic nitrogens is 2. The average molecular weight is 219 g/mol. The lowest BCUT2D eigenvalue weighted by molar-refractivity contribution is -0.140. The van der Waals surface area contributed by atoms with Gasteiger partial charge in [0.25, 0.3) is 0 Å². The summed E-state index contributed by atoms with van der Waals surface area (Å²) >= 11 is 0. The van der Waals surface area contributed by atoms with Gasteiger partial charge in [-0.3, -0.25) is 4.79 Å². The number of anilines is 1. The van der Waals surface area contributed by atoms with E-state index in [-0.39, 0.29) is 12.0 Å². The standard InChI is InChI=1S/C11H13N3O2/c1-7-12-5-4-10(13-7)14-9-3-2-8(6-9)11(15)16/h2-5,8-9H,6H2,1H3,(H,15,16)(H,12,13,14). The van der Waals surface area contributed by atoms with E-state index in [0.29, 0.717) is 12.2 Å². The summed E-state index contributed by atoms with van der Waals surface area (Å²) in [5, 5.41) is 12.0. The van der Waals surface area contributed by atoms with Gasteiger partial charge in [0.15, 0.2) is 0 Å². The molecule has 0 bridgehead atoms. The highest BCUT2D eigenvalue weighted by molar-refractivity contribution is 5.73. The number of nitrogens with one attached hydrogen (secondary N) is 1. The summed E-state index contributed by atoms with van der Waals surface area (Å²) in [5.41, 5.74) is 0. The van der Waals surface area contributed by atoms with Gasteiger partial charge in [-0.2, -0.15) is 0 Å². The molecule has 0 amide bonds. The summed E-state index contributed by atoms with van der Waals surface area (Å²) < 4.78 is 0. The van der Waals surface area contributed by atoms with Gasteiger partial charge in [-0.05, 0) is 19.4 Å². The largest absolute Gasteiger partial charge is 0.481 e. The van der Waals surface area contributed by atoms with E-state index >= 15 is 0 Å². The van der Waals surface area contributed by atoms with E-state index in [2.05, 4.69) is 15.3 Å². The van der Waals surface area contributed by atoms with E-state index in [9.17, 15) is 4.79 Å². The zero-order chi connectivity index (χ0) is 11.5. The van der Waals surface area contributed by atoms with Crippen molar-refractivity contribution in [2.75, 3.05) is 5.32 Å². The number of rotatable bonds is 3. The third kappa shape index (κ3) is 2.36. The van der Waals surface area contributed by atoms with Gasteiger partial charge in [-0.25, -0.2) is 9.97 Å². The molecule has 0 aromatic carbocycles. The first-order valence-electron chi connectivity index (χ1n) is 5.12. The minimum absolute atomic E-state index is 0.0374. The Morgan fingerprint density at radius 3 is 3.00 bits per heavy atom. The number of carboxylic acid groups (broad SMARTS) is 1. The maximum atomic E-state index is 10.7. The van der Waals surface area contributed by atoms with Crippen LogP contribution in [0.5, 0.6) is 0 Å². The molecule has 1 heterocycles. The topological polar surface area (TPSA) is 75.1 Å². The normalized spacial score (nSPS) is 23.3. The second-order valence-corrected chi connectivity index (χ2v) is 3.81. The first-order chi connectivity index (χ1) is 7.65. The van der Waals surface area contributed by atoms with Crippen molar-refractivity contribution in [2.24, 2.45) is 5.92 Å². The van der Waals surface area contributed by atoms with Gasteiger partial charge in [-0.1, -0.05) is 12.2 Å². The van der Waals surface area contributed by atoms with Crippen LogP contribution in [0.25, 0.3) is 0 Å². The second-order valence-electron chi connectivity index (χ2n) is 3.81. The van der Waals surface area contributed by atoms with E-state index in [1.54, 1.807) is 18.3 Å². The van der Waals surface area contributed by atoms with Gasteiger partial charge in [0.2, 0.25) is 0 Å². The van der Waals surface area contributed by atoms with Gasteiger partial charge in [0.05, 0.1) is 5.92 Å². The van der Waals surface area contributed by atoms with Crippen molar-refractivity contribution in [2.45, 2.75) is 19.4 Å². The Morgan fingerprint density at radius 2 is 2.38 bits per heavy atom. The van der Waals surface area contributed by atoms with E-state index in [1.807, 2.05) is 13.0 Å². The van der Waals surface area contributed by atoms with Crippen LogP contribution in [0.2, 0.25) is 0 Å². The van der Waals surface area contributed by atoms with E-state index in [1.165, 1.54) is 0 Å². The highest BCUT2D eigenvalue weighted by atomic mass is 16.4. The van der Waals surface area contributed by atoms with Gasteiger partial charge >= 0.3 is 5.97 Å². The van der Waals surface area contributed by atoms with Crippen LogP contribution < -0.4 is 5.32 Å². The smallest absolute Gasteiger partial charge is 0.310 e.